The normalized spacial score (nSPS) is 10.2. The van der Waals surface area contributed by atoms with Gasteiger partial charge >= 0.3 is 0 Å². The van der Waals surface area contributed by atoms with Crippen molar-refractivity contribution in [1.82, 2.24) is 5.32 Å². The van der Waals surface area contributed by atoms with Crippen LogP contribution in [0, 0.1) is 11.6 Å². The number of carbonyl (C=O) groups is 1. The van der Waals surface area contributed by atoms with E-state index < -0.39 is 11.6 Å². The standard InChI is InChI=1S/C10H11F2NO/c1-7(14)5-13-6-8-2-3-9(11)10(12)4-8/h2-4,13H,5-6H2,1H3. The van der Waals surface area contributed by atoms with Crippen LogP contribution in [0.25, 0.3) is 0 Å². The summed E-state index contributed by atoms with van der Waals surface area (Å²) in [5.74, 6) is -1.72. The fourth-order valence-electron chi connectivity index (χ4n) is 1.03. The Bertz CT molecular complexity index is 339. The van der Waals surface area contributed by atoms with Gasteiger partial charge in [-0.3, -0.25) is 4.79 Å². The first-order valence-corrected chi connectivity index (χ1v) is 4.23. The summed E-state index contributed by atoms with van der Waals surface area (Å²) in [7, 11) is 0. The zero-order valence-corrected chi connectivity index (χ0v) is 7.81. The largest absolute Gasteiger partial charge is 0.306 e. The topological polar surface area (TPSA) is 29.1 Å². The predicted octanol–water partition coefficient (Wildman–Crippen LogP) is 1.64. The number of halogens is 2. The Morgan fingerprint density at radius 3 is 2.64 bits per heavy atom. The molecule has 1 rings (SSSR count). The molecule has 14 heavy (non-hydrogen) atoms. The molecule has 4 heteroatoms. The number of Topliss-reactive ketones (excluding diaryl/α,β-unsaturated/α-hetero) is 1. The minimum Gasteiger partial charge on any atom is -0.306 e. The maximum absolute atomic E-state index is 12.7. The van der Waals surface area contributed by atoms with E-state index in [1.54, 1.807) is 0 Å². The average Bonchev–Trinajstić information content (AvgIpc) is 2.10. The molecule has 0 amide bonds. The van der Waals surface area contributed by atoms with E-state index in [0.29, 0.717) is 12.1 Å². The van der Waals surface area contributed by atoms with Crippen molar-refractivity contribution < 1.29 is 13.6 Å². The SMILES string of the molecule is CC(=O)CNCc1ccc(F)c(F)c1. The Balaban J connectivity index is 2.51. The molecule has 76 valence electrons. The van der Waals surface area contributed by atoms with Gasteiger partial charge in [0, 0.05) is 6.54 Å². The minimum absolute atomic E-state index is 0.00702. The summed E-state index contributed by atoms with van der Waals surface area (Å²) in [4.78, 5) is 10.6. The van der Waals surface area contributed by atoms with E-state index in [2.05, 4.69) is 5.32 Å². The molecular formula is C10H11F2NO. The van der Waals surface area contributed by atoms with E-state index in [4.69, 9.17) is 0 Å². The summed E-state index contributed by atoms with van der Waals surface area (Å²) < 4.78 is 25.2. The molecule has 0 saturated heterocycles. The van der Waals surface area contributed by atoms with Crippen LogP contribution in [0.15, 0.2) is 18.2 Å². The minimum atomic E-state index is -0.868. The predicted molar refractivity (Wildman–Crippen MR) is 48.7 cm³/mol. The van der Waals surface area contributed by atoms with Crippen molar-refractivity contribution in [3.8, 4) is 0 Å². The molecule has 0 fully saturated rings. The van der Waals surface area contributed by atoms with Gasteiger partial charge in [0.05, 0.1) is 6.54 Å². The van der Waals surface area contributed by atoms with Crippen molar-refractivity contribution in [2.24, 2.45) is 0 Å². The van der Waals surface area contributed by atoms with E-state index in [1.165, 1.54) is 13.0 Å². The van der Waals surface area contributed by atoms with E-state index >= 15 is 0 Å². The van der Waals surface area contributed by atoms with Gasteiger partial charge < -0.3 is 5.32 Å². The summed E-state index contributed by atoms with van der Waals surface area (Å²) in [6.45, 7) is 2.05. The second kappa shape index (κ2) is 4.81. The first-order valence-electron chi connectivity index (χ1n) is 4.23. The zero-order valence-electron chi connectivity index (χ0n) is 7.81. The molecule has 0 aromatic heterocycles. The van der Waals surface area contributed by atoms with Crippen molar-refractivity contribution >= 4 is 5.78 Å². The highest BCUT2D eigenvalue weighted by Crippen LogP contribution is 2.07. The van der Waals surface area contributed by atoms with Crippen molar-refractivity contribution in [1.29, 1.82) is 0 Å². The number of benzene rings is 1. The van der Waals surface area contributed by atoms with Gasteiger partial charge in [-0.05, 0) is 24.6 Å². The third-order valence-electron chi connectivity index (χ3n) is 1.69. The quantitative estimate of drug-likeness (QED) is 0.798. The molecule has 0 aliphatic heterocycles. The summed E-state index contributed by atoms with van der Waals surface area (Å²) in [6.07, 6.45) is 0. The Hall–Kier alpha value is -1.29. The lowest BCUT2D eigenvalue weighted by atomic mass is 10.2. The van der Waals surface area contributed by atoms with Crippen LogP contribution in [0.2, 0.25) is 0 Å². The molecule has 0 heterocycles. The summed E-state index contributed by atoms with van der Waals surface area (Å²) in [5.41, 5.74) is 0.616. The van der Waals surface area contributed by atoms with Crippen LogP contribution < -0.4 is 5.32 Å². The van der Waals surface area contributed by atoms with Crippen molar-refractivity contribution in [3.63, 3.8) is 0 Å². The number of hydrogen-bond acceptors (Lipinski definition) is 2. The fourth-order valence-corrected chi connectivity index (χ4v) is 1.03. The molecule has 1 aromatic rings. The highest BCUT2D eigenvalue weighted by atomic mass is 19.2. The monoisotopic (exact) mass is 199 g/mol. The molecule has 0 radical (unpaired) electrons. The third kappa shape index (κ3) is 3.22. The van der Waals surface area contributed by atoms with Crippen LogP contribution in [0.1, 0.15) is 12.5 Å². The number of hydrogen-bond donors (Lipinski definition) is 1. The molecule has 2 nitrogen and oxygen atoms in total. The smallest absolute Gasteiger partial charge is 0.159 e. The van der Waals surface area contributed by atoms with Crippen LogP contribution in [-0.2, 0) is 11.3 Å². The van der Waals surface area contributed by atoms with Gasteiger partial charge in [0.15, 0.2) is 11.6 Å². The third-order valence-corrected chi connectivity index (χ3v) is 1.69. The Morgan fingerprint density at radius 1 is 1.36 bits per heavy atom. The second-order valence-corrected chi connectivity index (χ2v) is 3.05. The van der Waals surface area contributed by atoms with Gasteiger partial charge in [-0.2, -0.15) is 0 Å². The van der Waals surface area contributed by atoms with Crippen molar-refractivity contribution in [2.45, 2.75) is 13.5 Å². The van der Waals surface area contributed by atoms with Crippen LogP contribution in [0.3, 0.4) is 0 Å². The summed E-state index contributed by atoms with van der Waals surface area (Å²) in [6, 6.07) is 3.66. The molecule has 0 saturated carbocycles. The van der Waals surface area contributed by atoms with E-state index in [9.17, 15) is 13.6 Å². The average molecular weight is 199 g/mol. The van der Waals surface area contributed by atoms with Crippen molar-refractivity contribution in [3.05, 3.63) is 35.4 Å². The van der Waals surface area contributed by atoms with Crippen LogP contribution in [-0.4, -0.2) is 12.3 Å². The van der Waals surface area contributed by atoms with Gasteiger partial charge in [-0.1, -0.05) is 6.07 Å². The molecule has 0 bridgehead atoms. The highest BCUT2D eigenvalue weighted by molar-refractivity contribution is 5.77. The van der Waals surface area contributed by atoms with Crippen LogP contribution >= 0.6 is 0 Å². The Morgan fingerprint density at radius 2 is 2.07 bits per heavy atom. The van der Waals surface area contributed by atoms with E-state index in [0.717, 1.165) is 12.1 Å². The Kier molecular flexibility index (Phi) is 3.71. The van der Waals surface area contributed by atoms with Crippen molar-refractivity contribution in [2.75, 3.05) is 6.54 Å². The first-order chi connectivity index (χ1) is 6.59. The van der Waals surface area contributed by atoms with Gasteiger partial charge in [0.25, 0.3) is 0 Å². The molecule has 1 N–H and O–H groups in total. The second-order valence-electron chi connectivity index (χ2n) is 3.05. The molecule has 0 aliphatic rings. The number of rotatable bonds is 4. The highest BCUT2D eigenvalue weighted by Gasteiger charge is 2.02. The van der Waals surface area contributed by atoms with Gasteiger partial charge in [0.2, 0.25) is 0 Å². The fraction of sp³-hybridized carbons (Fsp3) is 0.300. The van der Waals surface area contributed by atoms with E-state index in [1.807, 2.05) is 0 Å². The van der Waals surface area contributed by atoms with Gasteiger partial charge in [-0.15, -0.1) is 0 Å². The maximum atomic E-state index is 12.7. The Labute approximate surface area is 80.9 Å². The van der Waals surface area contributed by atoms with Crippen LogP contribution in [0.5, 0.6) is 0 Å². The number of ketones is 1. The lowest BCUT2D eigenvalue weighted by Gasteiger charge is -2.02. The summed E-state index contributed by atoms with van der Waals surface area (Å²) in [5, 5.41) is 2.81. The first kappa shape index (κ1) is 10.8. The zero-order chi connectivity index (χ0) is 10.6. The van der Waals surface area contributed by atoms with Gasteiger partial charge in [0.1, 0.15) is 5.78 Å². The van der Waals surface area contributed by atoms with Gasteiger partial charge in [-0.25, -0.2) is 8.78 Å². The van der Waals surface area contributed by atoms with Crippen LogP contribution in [0.4, 0.5) is 8.78 Å². The maximum Gasteiger partial charge on any atom is 0.159 e. The number of nitrogens with one attached hydrogen (secondary N) is 1. The number of carbonyl (C=O) groups excluding carboxylic acids is 1. The molecular weight excluding hydrogens is 188 g/mol. The lowest BCUT2D eigenvalue weighted by Crippen LogP contribution is -2.20. The molecule has 0 aliphatic carbocycles. The van der Waals surface area contributed by atoms with E-state index in [-0.39, 0.29) is 12.3 Å². The summed E-state index contributed by atoms with van der Waals surface area (Å²) >= 11 is 0. The molecule has 0 atom stereocenters. The molecule has 0 unspecified atom stereocenters. The molecule has 0 spiro atoms. The lowest BCUT2D eigenvalue weighted by molar-refractivity contribution is -0.116. The molecule has 1 aromatic carbocycles.